The Balaban J connectivity index is 2.10. The number of hydrogen-bond acceptors (Lipinski definition) is 3. The molecule has 0 aliphatic rings. The first-order valence-electron chi connectivity index (χ1n) is 4.01. The van der Waals surface area contributed by atoms with Crippen LogP contribution in [0.1, 0.15) is 16.2 Å². The molecule has 5 heteroatoms. The van der Waals surface area contributed by atoms with Crippen LogP contribution in [0.5, 0.6) is 0 Å². The Morgan fingerprint density at radius 2 is 2.50 bits per heavy atom. The number of ketones is 1. The largest absolute Gasteiger partial charge is 0.348 e. The molecule has 3 nitrogen and oxygen atoms in total. The Hall–Kier alpha value is -0.940. The molecule has 0 radical (unpaired) electrons. The molecule has 14 heavy (non-hydrogen) atoms. The maximum absolute atomic E-state index is 11.7. The number of H-pyrrole nitrogens is 1. The highest BCUT2D eigenvalue weighted by Crippen LogP contribution is 2.21. The van der Waals surface area contributed by atoms with Gasteiger partial charge in [0.1, 0.15) is 5.82 Å². The highest BCUT2D eigenvalue weighted by Gasteiger charge is 2.09. The number of imidazole rings is 1. The van der Waals surface area contributed by atoms with Gasteiger partial charge in [0, 0.05) is 23.3 Å². The third kappa shape index (κ3) is 2.10. The van der Waals surface area contributed by atoms with E-state index in [1.807, 2.05) is 11.4 Å². The van der Waals surface area contributed by atoms with Crippen LogP contribution in [0, 0.1) is 0 Å². The smallest absolute Gasteiger partial charge is 0.171 e. The summed E-state index contributed by atoms with van der Waals surface area (Å²) in [5, 5.41) is 1.84. The Morgan fingerprint density at radius 3 is 3.07 bits per heavy atom. The lowest BCUT2D eigenvalue weighted by molar-refractivity contribution is 0.0991. The predicted molar refractivity (Wildman–Crippen MR) is 58.6 cm³/mol. The van der Waals surface area contributed by atoms with Crippen molar-refractivity contribution in [2.24, 2.45) is 0 Å². The third-order valence-corrected chi connectivity index (χ3v) is 3.28. The first-order chi connectivity index (χ1) is 6.75. The monoisotopic (exact) mass is 270 g/mol. The number of rotatable bonds is 3. The lowest BCUT2D eigenvalue weighted by Crippen LogP contribution is -2.03. The van der Waals surface area contributed by atoms with Crippen molar-refractivity contribution in [3.63, 3.8) is 0 Å². The van der Waals surface area contributed by atoms with Gasteiger partial charge in [-0.1, -0.05) is 0 Å². The molecule has 2 rings (SSSR count). The van der Waals surface area contributed by atoms with Crippen LogP contribution in [-0.2, 0) is 6.42 Å². The molecule has 0 atom stereocenters. The number of thiophene rings is 1. The summed E-state index contributed by atoms with van der Waals surface area (Å²) in [5.41, 5.74) is 0.735. The second-order valence-corrected chi connectivity index (χ2v) is 5.07. The number of hydrogen-bond donors (Lipinski definition) is 1. The van der Waals surface area contributed by atoms with E-state index in [4.69, 9.17) is 0 Å². The number of carbonyl (C=O) groups excluding carboxylic acids is 1. The number of Topliss-reactive ketones (excluding diaryl/α,β-unsaturated/α-hetero) is 1. The van der Waals surface area contributed by atoms with E-state index in [2.05, 4.69) is 25.9 Å². The molecular formula is C9H7BrN2OS. The molecule has 0 aromatic carbocycles. The molecule has 2 aromatic rings. The number of carbonyl (C=O) groups is 1. The van der Waals surface area contributed by atoms with E-state index >= 15 is 0 Å². The van der Waals surface area contributed by atoms with Crippen LogP contribution in [0.15, 0.2) is 27.6 Å². The molecule has 0 saturated heterocycles. The minimum absolute atomic E-state index is 0.0851. The number of nitrogens with zero attached hydrogens (tertiary/aromatic N) is 1. The molecule has 72 valence electrons. The summed E-state index contributed by atoms with van der Waals surface area (Å²) in [5.74, 6) is 0.791. The molecule has 0 aliphatic carbocycles. The van der Waals surface area contributed by atoms with E-state index in [9.17, 15) is 4.79 Å². The van der Waals surface area contributed by atoms with Gasteiger partial charge in [0.15, 0.2) is 5.78 Å². The summed E-state index contributed by atoms with van der Waals surface area (Å²) in [7, 11) is 0. The maximum Gasteiger partial charge on any atom is 0.171 e. The lowest BCUT2D eigenvalue weighted by atomic mass is 10.1. The Kier molecular flexibility index (Phi) is 2.79. The summed E-state index contributed by atoms with van der Waals surface area (Å²) in [6.45, 7) is 0. The number of aromatic amines is 1. The van der Waals surface area contributed by atoms with Crippen molar-refractivity contribution in [3.05, 3.63) is 39.0 Å². The highest BCUT2D eigenvalue weighted by molar-refractivity contribution is 9.11. The van der Waals surface area contributed by atoms with Gasteiger partial charge < -0.3 is 4.98 Å². The van der Waals surface area contributed by atoms with Crippen LogP contribution < -0.4 is 0 Å². The molecule has 0 amide bonds. The van der Waals surface area contributed by atoms with Crippen molar-refractivity contribution >= 4 is 33.0 Å². The second kappa shape index (κ2) is 4.06. The average molecular weight is 271 g/mol. The number of nitrogens with one attached hydrogen (secondary N) is 1. The van der Waals surface area contributed by atoms with Crippen LogP contribution in [0.25, 0.3) is 0 Å². The topological polar surface area (TPSA) is 45.8 Å². The Bertz CT molecular complexity index is 435. The van der Waals surface area contributed by atoms with Crippen molar-refractivity contribution in [1.82, 2.24) is 9.97 Å². The van der Waals surface area contributed by atoms with Crippen molar-refractivity contribution in [1.29, 1.82) is 0 Å². The molecular weight excluding hydrogens is 264 g/mol. The first kappa shape index (κ1) is 9.61. The zero-order valence-corrected chi connectivity index (χ0v) is 9.56. The fraction of sp³-hybridized carbons (Fsp3) is 0.111. The van der Waals surface area contributed by atoms with Crippen LogP contribution >= 0.6 is 27.3 Å². The zero-order chi connectivity index (χ0) is 9.97. The second-order valence-electron chi connectivity index (χ2n) is 2.78. The average Bonchev–Trinajstić information content (AvgIpc) is 2.75. The van der Waals surface area contributed by atoms with E-state index in [1.54, 1.807) is 12.4 Å². The van der Waals surface area contributed by atoms with E-state index < -0.39 is 0 Å². The van der Waals surface area contributed by atoms with E-state index in [0.717, 1.165) is 9.35 Å². The lowest BCUT2D eigenvalue weighted by Gasteiger charge is -1.93. The van der Waals surface area contributed by atoms with Crippen LogP contribution in [0.2, 0.25) is 0 Å². The van der Waals surface area contributed by atoms with Crippen molar-refractivity contribution < 1.29 is 4.79 Å². The Morgan fingerprint density at radius 1 is 1.64 bits per heavy atom. The van der Waals surface area contributed by atoms with E-state index in [0.29, 0.717) is 12.2 Å². The highest BCUT2D eigenvalue weighted by atomic mass is 79.9. The molecule has 0 saturated carbocycles. The van der Waals surface area contributed by atoms with Gasteiger partial charge in [-0.05, 0) is 22.0 Å². The summed E-state index contributed by atoms with van der Waals surface area (Å²) >= 11 is 4.83. The molecule has 2 aromatic heterocycles. The van der Waals surface area contributed by atoms with Crippen LogP contribution in [0.4, 0.5) is 0 Å². The van der Waals surface area contributed by atoms with Crippen molar-refractivity contribution in [3.8, 4) is 0 Å². The summed E-state index contributed by atoms with van der Waals surface area (Å²) < 4.78 is 0.972. The standard InChI is InChI=1S/C9H7BrN2OS/c10-8-3-6(5-14-8)7(13)4-9-11-1-2-12-9/h1-3,5H,4H2,(H,11,12). The van der Waals surface area contributed by atoms with Gasteiger partial charge in [-0.25, -0.2) is 4.98 Å². The summed E-state index contributed by atoms with van der Waals surface area (Å²) in [6.07, 6.45) is 3.69. The van der Waals surface area contributed by atoms with Gasteiger partial charge in [-0.2, -0.15) is 0 Å². The molecule has 0 aliphatic heterocycles. The molecule has 0 unspecified atom stereocenters. The van der Waals surface area contributed by atoms with Gasteiger partial charge in [0.2, 0.25) is 0 Å². The molecule has 1 N–H and O–H groups in total. The van der Waals surface area contributed by atoms with Crippen LogP contribution in [-0.4, -0.2) is 15.8 Å². The first-order valence-corrected chi connectivity index (χ1v) is 5.68. The zero-order valence-electron chi connectivity index (χ0n) is 7.16. The van der Waals surface area contributed by atoms with E-state index in [-0.39, 0.29) is 5.78 Å². The Labute approximate surface area is 93.3 Å². The van der Waals surface area contributed by atoms with E-state index in [1.165, 1.54) is 11.3 Å². The number of aromatic nitrogens is 2. The fourth-order valence-corrected chi connectivity index (χ4v) is 2.27. The van der Waals surface area contributed by atoms with Gasteiger partial charge in [0.25, 0.3) is 0 Å². The third-order valence-electron chi connectivity index (χ3n) is 1.77. The summed E-state index contributed by atoms with van der Waals surface area (Å²) in [4.78, 5) is 18.6. The SMILES string of the molecule is O=C(Cc1ncc[nH]1)c1csc(Br)c1. The van der Waals surface area contributed by atoms with Gasteiger partial charge >= 0.3 is 0 Å². The normalized spacial score (nSPS) is 10.4. The summed E-state index contributed by atoms with van der Waals surface area (Å²) in [6, 6.07) is 1.83. The van der Waals surface area contributed by atoms with Crippen molar-refractivity contribution in [2.45, 2.75) is 6.42 Å². The molecule has 0 fully saturated rings. The van der Waals surface area contributed by atoms with Gasteiger partial charge in [0.05, 0.1) is 10.2 Å². The quantitative estimate of drug-likeness (QED) is 0.872. The number of halogens is 1. The van der Waals surface area contributed by atoms with Crippen molar-refractivity contribution in [2.75, 3.05) is 0 Å². The van der Waals surface area contributed by atoms with Gasteiger partial charge in [-0.15, -0.1) is 11.3 Å². The molecule has 0 bridgehead atoms. The minimum Gasteiger partial charge on any atom is -0.348 e. The fourth-order valence-electron chi connectivity index (χ4n) is 1.11. The van der Waals surface area contributed by atoms with Crippen LogP contribution in [0.3, 0.4) is 0 Å². The predicted octanol–water partition coefficient (Wildman–Crippen LogP) is 2.66. The maximum atomic E-state index is 11.7. The van der Waals surface area contributed by atoms with Gasteiger partial charge in [-0.3, -0.25) is 4.79 Å². The minimum atomic E-state index is 0.0851. The molecule has 2 heterocycles. The molecule has 0 spiro atoms.